The average Bonchev–Trinajstić information content (AvgIpc) is 2.99. The number of aryl methyl sites for hydroxylation is 1. The Morgan fingerprint density at radius 1 is 1.18 bits per heavy atom. The summed E-state index contributed by atoms with van der Waals surface area (Å²) in [6.07, 6.45) is -0.510. The first-order valence-electron chi connectivity index (χ1n) is 11.1. The van der Waals surface area contributed by atoms with Gasteiger partial charge < -0.3 is 19.3 Å². The fraction of sp³-hybridized carbons (Fsp3) is 0.542. The van der Waals surface area contributed by atoms with Crippen LogP contribution in [0.15, 0.2) is 23.0 Å². The lowest BCUT2D eigenvalue weighted by Gasteiger charge is -2.23. The van der Waals surface area contributed by atoms with E-state index in [1.54, 1.807) is 25.2 Å². The van der Waals surface area contributed by atoms with Gasteiger partial charge in [0.1, 0.15) is 12.6 Å². The number of hydrogen-bond acceptors (Lipinski definition) is 7. The number of carbonyl (C=O) groups is 2. The lowest BCUT2D eigenvalue weighted by molar-refractivity contribution is -0.191. The molecule has 0 saturated carbocycles. The second-order valence-corrected chi connectivity index (χ2v) is 9.00. The quantitative estimate of drug-likeness (QED) is 0.252. The smallest absolute Gasteiger partial charge is 0.329 e. The van der Waals surface area contributed by atoms with Crippen LogP contribution in [0.4, 0.5) is 0 Å². The zero-order chi connectivity index (χ0) is 24.9. The molecule has 0 aliphatic carbocycles. The minimum atomic E-state index is -0.990. The summed E-state index contributed by atoms with van der Waals surface area (Å²) in [4.78, 5) is 36.5. The Labute approximate surface area is 197 Å². The molecular weight excluding hydrogens is 442 g/mol. The Balaban J connectivity index is 1.54. The zero-order valence-electron chi connectivity index (χ0n) is 19.9. The third-order valence-corrected chi connectivity index (χ3v) is 5.14. The van der Waals surface area contributed by atoms with Gasteiger partial charge in [0.25, 0.3) is 0 Å². The summed E-state index contributed by atoms with van der Waals surface area (Å²) in [6, 6.07) is 4.59. The average molecular weight is 474 g/mol. The van der Waals surface area contributed by atoms with Gasteiger partial charge in [-0.1, -0.05) is 11.8 Å². The number of imidazole rings is 1. The maximum atomic E-state index is 12.8. The van der Waals surface area contributed by atoms with Crippen molar-refractivity contribution in [3.05, 3.63) is 34.2 Å². The van der Waals surface area contributed by atoms with E-state index in [1.807, 2.05) is 20.8 Å². The molecule has 1 aromatic heterocycles. The van der Waals surface area contributed by atoms with Crippen molar-refractivity contribution in [1.82, 2.24) is 14.5 Å². The van der Waals surface area contributed by atoms with Crippen LogP contribution in [-0.4, -0.2) is 64.4 Å². The third-order valence-electron chi connectivity index (χ3n) is 5.14. The van der Waals surface area contributed by atoms with E-state index >= 15 is 0 Å². The van der Waals surface area contributed by atoms with E-state index in [0.717, 1.165) is 0 Å². The van der Waals surface area contributed by atoms with Crippen LogP contribution in [-0.2, 0) is 30.8 Å². The topological polar surface area (TPSA) is 121 Å². The number of imide groups is 1. The van der Waals surface area contributed by atoms with Crippen LogP contribution in [0.25, 0.3) is 11.0 Å². The largest absolute Gasteiger partial charge is 0.374 e. The van der Waals surface area contributed by atoms with Crippen LogP contribution in [0, 0.1) is 11.8 Å². The number of aliphatic hydroxyl groups is 1. The van der Waals surface area contributed by atoms with Crippen molar-refractivity contribution in [2.24, 2.45) is 7.05 Å². The van der Waals surface area contributed by atoms with E-state index in [4.69, 9.17) is 14.2 Å². The highest BCUT2D eigenvalue weighted by molar-refractivity contribution is 6.00. The number of piperidine rings is 1. The number of aromatic nitrogens is 2. The van der Waals surface area contributed by atoms with E-state index in [9.17, 15) is 19.5 Å². The van der Waals surface area contributed by atoms with Crippen LogP contribution < -0.4 is 11.0 Å². The SMILES string of the molecule is Cn1c(=O)n(C2CCC(=O)NC2=O)c2ccc(C#CCOCCOCC(O)OC(C)(C)C)cc21. The molecule has 0 bridgehead atoms. The second-order valence-electron chi connectivity index (χ2n) is 9.00. The Bertz CT molecular complexity index is 1160. The van der Waals surface area contributed by atoms with Crippen molar-refractivity contribution in [2.75, 3.05) is 26.4 Å². The molecule has 10 nitrogen and oxygen atoms in total. The number of fused-ring (bicyclic) bond motifs is 1. The number of rotatable bonds is 8. The molecule has 0 radical (unpaired) electrons. The lowest BCUT2D eigenvalue weighted by Crippen LogP contribution is -2.44. The van der Waals surface area contributed by atoms with Gasteiger partial charge in [0, 0.05) is 19.0 Å². The van der Waals surface area contributed by atoms with Crippen molar-refractivity contribution >= 4 is 22.8 Å². The number of aliphatic hydroxyl groups excluding tert-OH is 1. The minimum Gasteiger partial charge on any atom is -0.374 e. The molecule has 3 rings (SSSR count). The monoisotopic (exact) mass is 473 g/mol. The Kier molecular flexibility index (Phi) is 8.28. The Morgan fingerprint density at radius 2 is 1.91 bits per heavy atom. The van der Waals surface area contributed by atoms with Crippen LogP contribution in [0.3, 0.4) is 0 Å². The first-order valence-corrected chi connectivity index (χ1v) is 11.1. The number of amides is 2. The van der Waals surface area contributed by atoms with Gasteiger partial charge in [-0.3, -0.25) is 24.0 Å². The highest BCUT2D eigenvalue weighted by Crippen LogP contribution is 2.23. The predicted molar refractivity (Wildman–Crippen MR) is 124 cm³/mol. The van der Waals surface area contributed by atoms with Crippen molar-refractivity contribution in [1.29, 1.82) is 0 Å². The number of carbonyl (C=O) groups excluding carboxylic acids is 2. The van der Waals surface area contributed by atoms with Gasteiger partial charge in [-0.25, -0.2) is 4.79 Å². The molecule has 2 heterocycles. The summed E-state index contributed by atoms with van der Waals surface area (Å²) < 4.78 is 19.0. The van der Waals surface area contributed by atoms with Gasteiger partial charge in [0.15, 0.2) is 6.29 Å². The summed E-state index contributed by atoms with van der Waals surface area (Å²) in [5.41, 5.74) is 1.18. The lowest BCUT2D eigenvalue weighted by atomic mass is 10.1. The third kappa shape index (κ3) is 6.55. The fourth-order valence-corrected chi connectivity index (χ4v) is 3.68. The molecule has 2 N–H and O–H groups in total. The maximum Gasteiger partial charge on any atom is 0.329 e. The van der Waals surface area contributed by atoms with Crippen LogP contribution in [0.1, 0.15) is 45.2 Å². The van der Waals surface area contributed by atoms with E-state index < -0.39 is 23.8 Å². The molecule has 2 aromatic rings. The molecule has 184 valence electrons. The fourth-order valence-electron chi connectivity index (χ4n) is 3.68. The molecular formula is C24H31N3O7. The summed E-state index contributed by atoms with van der Waals surface area (Å²) in [5, 5.41) is 12.0. The molecule has 1 aliphatic heterocycles. The maximum absolute atomic E-state index is 12.8. The van der Waals surface area contributed by atoms with Gasteiger partial charge in [-0.15, -0.1) is 0 Å². The van der Waals surface area contributed by atoms with Crippen LogP contribution >= 0.6 is 0 Å². The molecule has 1 fully saturated rings. The van der Waals surface area contributed by atoms with Gasteiger partial charge in [0.2, 0.25) is 11.8 Å². The zero-order valence-corrected chi connectivity index (χ0v) is 19.9. The van der Waals surface area contributed by atoms with E-state index in [-0.39, 0.29) is 37.7 Å². The van der Waals surface area contributed by atoms with Crippen molar-refractivity contribution in [2.45, 2.75) is 51.5 Å². The van der Waals surface area contributed by atoms with Gasteiger partial charge in [0.05, 0.1) is 36.5 Å². The first-order chi connectivity index (χ1) is 16.1. The normalized spacial score (nSPS) is 17.4. The standard InChI is InChI=1S/C24H31N3O7/c1-24(2,3)34-21(29)15-33-13-12-32-11-5-6-16-7-8-17-19(14-16)26(4)23(31)27(17)18-9-10-20(28)25-22(18)30/h7-8,14,18,21,29H,9-13,15H2,1-4H3,(H,25,28,30). The number of nitrogens with one attached hydrogen (secondary N) is 1. The van der Waals surface area contributed by atoms with Crippen molar-refractivity contribution in [3.63, 3.8) is 0 Å². The second kappa shape index (κ2) is 11.0. The van der Waals surface area contributed by atoms with Crippen molar-refractivity contribution < 1.29 is 28.9 Å². The number of hydrogen-bond donors (Lipinski definition) is 2. The Hall–Kier alpha value is -2.97. The molecule has 34 heavy (non-hydrogen) atoms. The van der Waals surface area contributed by atoms with Gasteiger partial charge >= 0.3 is 5.69 Å². The molecule has 2 amide bonds. The van der Waals surface area contributed by atoms with Gasteiger partial charge in [-0.2, -0.15) is 0 Å². The summed E-state index contributed by atoms with van der Waals surface area (Å²) >= 11 is 0. The summed E-state index contributed by atoms with van der Waals surface area (Å²) in [6.45, 7) is 6.42. The van der Waals surface area contributed by atoms with E-state index in [2.05, 4.69) is 17.2 Å². The number of benzene rings is 1. The molecule has 1 aliphatic rings. The summed E-state index contributed by atoms with van der Waals surface area (Å²) in [7, 11) is 1.64. The van der Waals surface area contributed by atoms with Crippen molar-refractivity contribution in [3.8, 4) is 11.8 Å². The number of nitrogens with zero attached hydrogens (tertiary/aromatic N) is 2. The first kappa shape index (κ1) is 25.6. The molecule has 0 spiro atoms. The highest BCUT2D eigenvalue weighted by Gasteiger charge is 2.31. The number of ether oxygens (including phenoxy) is 3. The molecule has 2 unspecified atom stereocenters. The van der Waals surface area contributed by atoms with Gasteiger partial charge in [-0.05, 0) is 45.4 Å². The van der Waals surface area contributed by atoms with Crippen LogP contribution in [0.2, 0.25) is 0 Å². The van der Waals surface area contributed by atoms with E-state index in [0.29, 0.717) is 29.8 Å². The molecule has 2 atom stereocenters. The molecule has 10 heteroatoms. The summed E-state index contributed by atoms with van der Waals surface area (Å²) in [5.74, 6) is 5.12. The predicted octanol–water partition coefficient (Wildman–Crippen LogP) is 0.836. The molecule has 1 aromatic carbocycles. The van der Waals surface area contributed by atoms with Crippen LogP contribution in [0.5, 0.6) is 0 Å². The highest BCUT2D eigenvalue weighted by atomic mass is 16.6. The molecule has 1 saturated heterocycles. The minimum absolute atomic E-state index is 0.0590. The van der Waals surface area contributed by atoms with E-state index in [1.165, 1.54) is 9.13 Å². The Morgan fingerprint density at radius 3 is 2.62 bits per heavy atom.